The second kappa shape index (κ2) is 7.19. The molecule has 1 N–H and O–H groups in total. The summed E-state index contributed by atoms with van der Waals surface area (Å²) in [5.74, 6) is 0.140. The molecule has 0 saturated carbocycles. The van der Waals surface area contributed by atoms with Gasteiger partial charge in [-0.1, -0.05) is 0 Å². The molecule has 0 aromatic heterocycles. The predicted molar refractivity (Wildman–Crippen MR) is 72.0 cm³/mol. The Morgan fingerprint density at radius 3 is 2.68 bits per heavy atom. The quantitative estimate of drug-likeness (QED) is 0.699. The fourth-order valence-corrected chi connectivity index (χ4v) is 2.60. The van der Waals surface area contributed by atoms with Crippen molar-refractivity contribution in [2.24, 2.45) is 0 Å². The van der Waals surface area contributed by atoms with E-state index < -0.39 is 0 Å². The molecule has 6 heteroatoms. The fraction of sp³-hybridized carbons (Fsp3) is 0.923. The summed E-state index contributed by atoms with van der Waals surface area (Å²) >= 11 is 0. The first-order valence-corrected chi connectivity index (χ1v) is 7.09. The summed E-state index contributed by atoms with van der Waals surface area (Å²) in [5, 5.41) is 9.27. The van der Waals surface area contributed by atoms with Crippen molar-refractivity contribution in [2.75, 3.05) is 66.1 Å². The molecule has 2 saturated heterocycles. The van der Waals surface area contributed by atoms with Crippen LogP contribution in [-0.2, 0) is 9.53 Å². The van der Waals surface area contributed by atoms with Crippen molar-refractivity contribution in [3.8, 4) is 0 Å². The van der Waals surface area contributed by atoms with Crippen LogP contribution < -0.4 is 0 Å². The molecule has 0 radical (unpaired) electrons. The molecule has 0 aliphatic carbocycles. The van der Waals surface area contributed by atoms with Gasteiger partial charge >= 0.3 is 0 Å². The second-order valence-corrected chi connectivity index (χ2v) is 5.39. The number of ether oxygens (including phenoxy) is 1. The minimum Gasteiger partial charge on any atom is -0.394 e. The number of carbonyl (C=O) groups is 1. The van der Waals surface area contributed by atoms with Crippen LogP contribution in [0.1, 0.15) is 6.42 Å². The molecule has 6 nitrogen and oxygen atoms in total. The van der Waals surface area contributed by atoms with Gasteiger partial charge in [-0.3, -0.25) is 4.79 Å². The standard InChI is InChI=1S/C13H25N3O3/c1-14-4-6-15(7-5-14)3-2-13(18)16-8-9-19-11-12(16)10-17/h12,17H,2-11H2,1H3. The molecule has 0 aromatic rings. The van der Waals surface area contributed by atoms with E-state index in [4.69, 9.17) is 4.74 Å². The SMILES string of the molecule is CN1CCN(CCC(=O)N2CCOCC2CO)CC1. The Hall–Kier alpha value is -0.690. The van der Waals surface area contributed by atoms with Crippen LogP contribution in [0.2, 0.25) is 0 Å². The van der Waals surface area contributed by atoms with Crippen LogP contribution in [0.25, 0.3) is 0 Å². The number of hydrogen-bond donors (Lipinski definition) is 1. The third-order valence-electron chi connectivity index (χ3n) is 4.00. The number of hydrogen-bond acceptors (Lipinski definition) is 5. The minimum atomic E-state index is -0.159. The van der Waals surface area contributed by atoms with Crippen LogP contribution in [0, 0.1) is 0 Å². The zero-order valence-corrected chi connectivity index (χ0v) is 11.8. The molecule has 110 valence electrons. The number of nitrogens with zero attached hydrogens (tertiary/aromatic N) is 3. The topological polar surface area (TPSA) is 56.2 Å². The first kappa shape index (κ1) is 14.7. The van der Waals surface area contributed by atoms with Crippen molar-refractivity contribution in [1.29, 1.82) is 0 Å². The lowest BCUT2D eigenvalue weighted by Gasteiger charge is -2.36. The minimum absolute atomic E-state index is 0.0136. The lowest BCUT2D eigenvalue weighted by Crippen LogP contribution is -2.51. The Bertz CT molecular complexity index is 293. The molecule has 2 fully saturated rings. The Labute approximate surface area is 114 Å². The van der Waals surface area contributed by atoms with Crippen molar-refractivity contribution < 1.29 is 14.6 Å². The molecule has 2 aliphatic heterocycles. The molecule has 0 spiro atoms. The first-order chi connectivity index (χ1) is 9.20. The highest BCUT2D eigenvalue weighted by Gasteiger charge is 2.26. The monoisotopic (exact) mass is 271 g/mol. The normalized spacial score (nSPS) is 26.6. The predicted octanol–water partition coefficient (Wildman–Crippen LogP) is -1.16. The Balaban J connectivity index is 1.74. The largest absolute Gasteiger partial charge is 0.394 e. The van der Waals surface area contributed by atoms with Gasteiger partial charge in [-0.15, -0.1) is 0 Å². The molecule has 2 aliphatic rings. The average Bonchev–Trinajstić information content (AvgIpc) is 2.46. The van der Waals surface area contributed by atoms with Crippen molar-refractivity contribution >= 4 is 5.91 Å². The van der Waals surface area contributed by atoms with E-state index in [1.807, 2.05) is 0 Å². The van der Waals surface area contributed by atoms with Crippen molar-refractivity contribution in [3.05, 3.63) is 0 Å². The summed E-state index contributed by atoms with van der Waals surface area (Å²) < 4.78 is 5.29. The molecular weight excluding hydrogens is 246 g/mol. The Morgan fingerprint density at radius 2 is 2.00 bits per heavy atom. The zero-order chi connectivity index (χ0) is 13.7. The number of amides is 1. The van der Waals surface area contributed by atoms with E-state index >= 15 is 0 Å². The molecule has 2 rings (SSSR count). The first-order valence-electron chi connectivity index (χ1n) is 7.09. The van der Waals surface area contributed by atoms with E-state index in [0.29, 0.717) is 26.2 Å². The maximum atomic E-state index is 12.2. The van der Waals surface area contributed by atoms with Gasteiger partial charge in [0.15, 0.2) is 0 Å². The van der Waals surface area contributed by atoms with Crippen LogP contribution >= 0.6 is 0 Å². The van der Waals surface area contributed by atoms with Crippen LogP contribution in [-0.4, -0.2) is 97.9 Å². The highest BCUT2D eigenvalue weighted by Crippen LogP contribution is 2.09. The van der Waals surface area contributed by atoms with Crippen LogP contribution in [0.4, 0.5) is 0 Å². The highest BCUT2D eigenvalue weighted by molar-refractivity contribution is 5.76. The molecule has 2 heterocycles. The van der Waals surface area contributed by atoms with E-state index in [1.165, 1.54) is 0 Å². The number of piperazine rings is 1. The molecule has 0 bridgehead atoms. The van der Waals surface area contributed by atoms with E-state index in [0.717, 1.165) is 32.7 Å². The summed E-state index contributed by atoms with van der Waals surface area (Å²) in [6, 6.07) is -0.159. The summed E-state index contributed by atoms with van der Waals surface area (Å²) in [7, 11) is 2.13. The summed E-state index contributed by atoms with van der Waals surface area (Å²) in [4.78, 5) is 18.6. The van der Waals surface area contributed by atoms with Gasteiger partial charge in [-0.25, -0.2) is 0 Å². The third kappa shape index (κ3) is 4.14. The van der Waals surface area contributed by atoms with Gasteiger partial charge in [0.25, 0.3) is 0 Å². The van der Waals surface area contributed by atoms with Gasteiger partial charge in [0, 0.05) is 45.7 Å². The Kier molecular flexibility index (Phi) is 5.57. The number of morpholine rings is 1. The van der Waals surface area contributed by atoms with Crippen molar-refractivity contribution in [1.82, 2.24) is 14.7 Å². The van der Waals surface area contributed by atoms with Crippen LogP contribution in [0.3, 0.4) is 0 Å². The fourth-order valence-electron chi connectivity index (χ4n) is 2.60. The van der Waals surface area contributed by atoms with Crippen molar-refractivity contribution in [3.63, 3.8) is 0 Å². The molecule has 1 atom stereocenters. The summed E-state index contributed by atoms with van der Waals surface area (Å²) in [6.07, 6.45) is 0.542. The molecule has 0 aromatic carbocycles. The highest BCUT2D eigenvalue weighted by atomic mass is 16.5. The number of aliphatic hydroxyl groups is 1. The lowest BCUT2D eigenvalue weighted by atomic mass is 10.2. The number of carbonyl (C=O) groups excluding carboxylic acids is 1. The van der Waals surface area contributed by atoms with Gasteiger partial charge in [-0.2, -0.15) is 0 Å². The number of likely N-dealkylation sites (N-methyl/N-ethyl adjacent to an activating group) is 1. The Morgan fingerprint density at radius 1 is 1.26 bits per heavy atom. The lowest BCUT2D eigenvalue weighted by molar-refractivity contribution is -0.142. The second-order valence-electron chi connectivity index (χ2n) is 5.39. The number of rotatable bonds is 4. The zero-order valence-electron chi connectivity index (χ0n) is 11.8. The van der Waals surface area contributed by atoms with Crippen LogP contribution in [0.5, 0.6) is 0 Å². The van der Waals surface area contributed by atoms with Crippen LogP contribution in [0.15, 0.2) is 0 Å². The van der Waals surface area contributed by atoms with Gasteiger partial charge in [0.2, 0.25) is 5.91 Å². The molecule has 1 amide bonds. The van der Waals surface area contributed by atoms with E-state index in [2.05, 4.69) is 16.8 Å². The number of aliphatic hydroxyl groups excluding tert-OH is 1. The van der Waals surface area contributed by atoms with Gasteiger partial charge in [0.05, 0.1) is 25.9 Å². The van der Waals surface area contributed by atoms with Gasteiger partial charge in [0.1, 0.15) is 0 Å². The molecular formula is C13H25N3O3. The molecule has 1 unspecified atom stereocenters. The van der Waals surface area contributed by atoms with E-state index in [9.17, 15) is 9.90 Å². The summed E-state index contributed by atoms with van der Waals surface area (Å²) in [6.45, 7) is 6.67. The van der Waals surface area contributed by atoms with Crippen molar-refractivity contribution in [2.45, 2.75) is 12.5 Å². The van der Waals surface area contributed by atoms with Gasteiger partial charge < -0.3 is 24.5 Å². The maximum Gasteiger partial charge on any atom is 0.224 e. The van der Waals surface area contributed by atoms with E-state index in [1.54, 1.807) is 4.90 Å². The maximum absolute atomic E-state index is 12.2. The molecule has 19 heavy (non-hydrogen) atoms. The van der Waals surface area contributed by atoms with Gasteiger partial charge in [-0.05, 0) is 7.05 Å². The summed E-state index contributed by atoms with van der Waals surface area (Å²) in [5.41, 5.74) is 0. The smallest absolute Gasteiger partial charge is 0.224 e. The third-order valence-corrected chi connectivity index (χ3v) is 4.00. The van der Waals surface area contributed by atoms with E-state index in [-0.39, 0.29) is 18.6 Å². The average molecular weight is 271 g/mol.